The van der Waals surface area contributed by atoms with Gasteiger partial charge in [-0.15, -0.1) is 0 Å². The molecule has 0 saturated heterocycles. The normalized spacial score (nSPS) is 10.8. The van der Waals surface area contributed by atoms with Crippen LogP contribution in [0.3, 0.4) is 0 Å². The van der Waals surface area contributed by atoms with Gasteiger partial charge in [0.05, 0.1) is 0 Å². The van der Waals surface area contributed by atoms with E-state index in [1.165, 1.54) is 0 Å². The van der Waals surface area contributed by atoms with Gasteiger partial charge in [0.25, 0.3) is 0 Å². The maximum absolute atomic E-state index is 5.93. The van der Waals surface area contributed by atoms with Gasteiger partial charge in [0.15, 0.2) is 0 Å². The Morgan fingerprint density at radius 1 is 1.58 bits per heavy atom. The van der Waals surface area contributed by atoms with Crippen LogP contribution >= 0.6 is 34.2 Å². The zero-order valence-corrected chi connectivity index (χ0v) is 13.4. The molecule has 2 aromatic rings. The Hall–Kier alpha value is 0.632. The van der Waals surface area contributed by atoms with Crippen LogP contribution in [0.15, 0.2) is 18.5 Å². The van der Waals surface area contributed by atoms with Crippen LogP contribution in [0.1, 0.15) is 0 Å². The van der Waals surface area contributed by atoms with E-state index in [-0.39, 0.29) is 0 Å². The number of hydrogen-bond acceptors (Lipinski definition) is 1. The van der Waals surface area contributed by atoms with Crippen molar-refractivity contribution in [3.8, 4) is 0 Å². The summed E-state index contributed by atoms with van der Waals surface area (Å²) < 4.78 is 3.24. The number of nitrogens with zero attached hydrogens (tertiary/aromatic N) is 2. The van der Waals surface area contributed by atoms with Crippen molar-refractivity contribution < 1.29 is 0 Å². The van der Waals surface area contributed by atoms with Crippen molar-refractivity contribution in [2.75, 3.05) is 0 Å². The zero-order valence-electron chi connectivity index (χ0n) is 5.96. The van der Waals surface area contributed by atoms with Crippen LogP contribution in [-0.4, -0.2) is 33.4 Å². The van der Waals surface area contributed by atoms with Crippen LogP contribution in [0.25, 0.3) is 11.0 Å². The summed E-state index contributed by atoms with van der Waals surface area (Å²) in [5.74, 6) is 0. The number of pyridine rings is 1. The van der Waals surface area contributed by atoms with Gasteiger partial charge in [-0.05, 0) is 0 Å². The minimum atomic E-state index is 0.735. The molecular weight excluding hydrogens is 479 g/mol. The van der Waals surface area contributed by atoms with Gasteiger partial charge in [-0.2, -0.15) is 0 Å². The molecule has 0 amide bonds. The van der Waals surface area contributed by atoms with E-state index in [2.05, 4.69) is 42.2 Å². The van der Waals surface area contributed by atoms with E-state index in [4.69, 9.17) is 11.6 Å². The molecule has 0 fully saturated rings. The molecule has 0 aromatic carbocycles. The summed E-state index contributed by atoms with van der Waals surface area (Å²) in [6.45, 7) is 0. The van der Waals surface area contributed by atoms with Crippen molar-refractivity contribution in [1.29, 1.82) is 0 Å². The summed E-state index contributed by atoms with van der Waals surface area (Å²) in [5.41, 5.74) is 1.05. The van der Waals surface area contributed by atoms with Crippen molar-refractivity contribution in [1.82, 2.24) is 7.36 Å². The Kier molecular flexibility index (Phi) is 2.61. The van der Waals surface area contributed by atoms with Crippen molar-refractivity contribution in [3.63, 3.8) is 0 Å². The second-order valence-corrected chi connectivity index (χ2v) is 6.03. The third kappa shape index (κ3) is 1.39. The molecule has 0 saturated carbocycles. The van der Waals surface area contributed by atoms with E-state index >= 15 is 0 Å². The number of hydrogen-bond donors (Lipinski definition) is 0. The molecule has 0 unspecified atom stereocenters. The maximum atomic E-state index is 5.93. The number of halogens is 2. The Morgan fingerprint density at radius 2 is 2.33 bits per heavy atom. The topological polar surface area (TPSA) is 17.8 Å². The fourth-order valence-electron chi connectivity index (χ4n) is 1.05. The average molecular weight is 482 g/mol. The minimum absolute atomic E-state index is 0.735. The molecule has 58 valence electrons. The first-order valence-corrected chi connectivity index (χ1v) is 6.72. The first-order valence-electron chi connectivity index (χ1n) is 3.26. The summed E-state index contributed by atoms with van der Waals surface area (Å²) in [6.07, 6.45) is 3.77. The molecule has 0 aliphatic rings. The molecule has 0 N–H and O–H groups in total. The van der Waals surface area contributed by atoms with Crippen molar-refractivity contribution >= 4 is 71.3 Å². The summed E-state index contributed by atoms with van der Waals surface area (Å²) in [7, 11) is 0. The predicted molar refractivity (Wildman–Crippen MR) is 58.6 cm³/mol. The fourth-order valence-corrected chi connectivity index (χ4v) is 2.90. The third-order valence-corrected chi connectivity index (χ3v) is 5.02. The molecule has 5 heteroatoms. The van der Waals surface area contributed by atoms with E-state index in [9.17, 15) is 0 Å². The van der Waals surface area contributed by atoms with Crippen LogP contribution in [-0.2, 0) is 0 Å². The van der Waals surface area contributed by atoms with Gasteiger partial charge in [0.2, 0.25) is 0 Å². The van der Waals surface area contributed by atoms with Gasteiger partial charge >= 0.3 is 106 Å². The standard InChI is InChI=1S/C7H3ClIN2.Tl/c8-5-3-11-7-4(6(5)9)1-2-10-7;/h1-3H;/q-1;+1. The van der Waals surface area contributed by atoms with Crippen LogP contribution < -0.4 is 0 Å². The molecule has 0 aliphatic heterocycles. The Balaban J connectivity index is 2.93. The van der Waals surface area contributed by atoms with E-state index in [0.717, 1.165) is 45.7 Å². The molecule has 2 heterocycles. The molecule has 0 bridgehead atoms. The van der Waals surface area contributed by atoms with Crippen LogP contribution in [0, 0.1) is 3.57 Å². The fraction of sp³-hybridized carbons (Fsp3) is 0. The quantitative estimate of drug-likeness (QED) is 0.417. The Morgan fingerprint density at radius 3 is 3.08 bits per heavy atom. The van der Waals surface area contributed by atoms with Crippen molar-refractivity contribution in [3.05, 3.63) is 27.1 Å². The second kappa shape index (κ2) is 3.41. The van der Waals surface area contributed by atoms with E-state index in [1.807, 2.05) is 0 Å². The van der Waals surface area contributed by atoms with Crippen LogP contribution in [0.4, 0.5) is 0 Å². The zero-order chi connectivity index (χ0) is 8.72. The van der Waals surface area contributed by atoms with E-state index in [1.54, 1.807) is 6.20 Å². The van der Waals surface area contributed by atoms with Crippen LogP contribution in [0.2, 0.25) is 5.02 Å². The summed E-state index contributed by atoms with van der Waals surface area (Å²) in [5, 5.41) is 1.89. The number of fused-ring (bicyclic) bond motifs is 1. The number of rotatable bonds is 0. The molecule has 2 nitrogen and oxygen atoms in total. The second-order valence-electron chi connectivity index (χ2n) is 2.38. The molecule has 2 rings (SSSR count). The molecule has 0 radical (unpaired) electrons. The summed E-state index contributed by atoms with van der Waals surface area (Å²) in [4.78, 5) is 4.27. The van der Waals surface area contributed by atoms with Crippen molar-refractivity contribution in [2.45, 2.75) is 0 Å². The molecule has 12 heavy (non-hydrogen) atoms. The van der Waals surface area contributed by atoms with Crippen LogP contribution in [0.5, 0.6) is 0 Å². The van der Waals surface area contributed by atoms with Gasteiger partial charge in [-0.3, -0.25) is 0 Å². The van der Waals surface area contributed by atoms with E-state index in [0.29, 0.717) is 0 Å². The molecule has 2 aromatic heterocycles. The monoisotopic (exact) mass is 482 g/mol. The summed E-state index contributed by atoms with van der Waals surface area (Å²) in [6, 6.07) is 2.07. The third-order valence-electron chi connectivity index (χ3n) is 1.63. The van der Waals surface area contributed by atoms with Crippen molar-refractivity contribution in [2.24, 2.45) is 0 Å². The van der Waals surface area contributed by atoms with Gasteiger partial charge < -0.3 is 0 Å². The first-order chi connectivity index (χ1) is 5.70. The number of aromatic nitrogens is 2. The molecule has 0 atom stereocenters. The average Bonchev–Trinajstić information content (AvgIpc) is 2.41. The predicted octanol–water partition coefficient (Wildman–Crippen LogP) is 2.23. The molecular formula is C7H3ClIN2Tl. The Bertz CT molecular complexity index is 440. The van der Waals surface area contributed by atoms with Gasteiger partial charge in [-0.25, -0.2) is 0 Å². The van der Waals surface area contributed by atoms with E-state index < -0.39 is 0 Å². The molecule has 0 spiro atoms. The Labute approximate surface area is 105 Å². The summed E-state index contributed by atoms with van der Waals surface area (Å²) >= 11 is 8.94. The van der Waals surface area contributed by atoms with Gasteiger partial charge in [0, 0.05) is 0 Å². The first kappa shape index (κ1) is 9.20. The SMILES string of the molecule is Clc1cnc2c(cc[n]2[Tl])c1I. The van der Waals surface area contributed by atoms with Gasteiger partial charge in [-0.1, -0.05) is 0 Å². The molecule has 0 aliphatic carbocycles. The van der Waals surface area contributed by atoms with Gasteiger partial charge in [0.1, 0.15) is 0 Å².